The standard InChI is InChI=1S/C32H26/c1-3-7-19-11-13-23-27(17-19)25-15-16-26-28-18-20(8-4-2)12-14-24(28)30-22-10-6-5-9-21(22)29(23)31(25)32(26)30/h5-6,9-18H,3-4,7-8H2,1-2H3. The predicted molar refractivity (Wildman–Crippen MR) is 133 cm³/mol. The van der Waals surface area contributed by atoms with Gasteiger partial charge in [0, 0.05) is 0 Å². The minimum Gasteiger partial charge on any atom is -0.0651 e. The maximum absolute atomic E-state index is 2.45. The third kappa shape index (κ3) is 2.22. The van der Waals surface area contributed by atoms with Gasteiger partial charge >= 0.3 is 0 Å². The van der Waals surface area contributed by atoms with Crippen LogP contribution in [0.5, 0.6) is 0 Å². The number of benzene rings is 5. The molecule has 0 radical (unpaired) electrons. The van der Waals surface area contributed by atoms with E-state index in [4.69, 9.17) is 0 Å². The molecule has 5 aromatic rings. The molecule has 0 bridgehead atoms. The van der Waals surface area contributed by atoms with Gasteiger partial charge in [0.1, 0.15) is 0 Å². The zero-order valence-corrected chi connectivity index (χ0v) is 18.8. The summed E-state index contributed by atoms with van der Waals surface area (Å²) in [5.41, 5.74) is 2.89. The van der Waals surface area contributed by atoms with Crippen LogP contribution in [0.25, 0.3) is 21.5 Å². The number of aryl methyl sites for hydroxylation is 2. The van der Waals surface area contributed by atoms with Crippen LogP contribution in [-0.4, -0.2) is 0 Å². The Labute approximate surface area is 186 Å². The average molecular weight is 411 g/mol. The molecule has 0 nitrogen and oxygen atoms in total. The zero-order chi connectivity index (χ0) is 21.4. The van der Waals surface area contributed by atoms with Crippen molar-refractivity contribution in [1.82, 2.24) is 0 Å². The summed E-state index contributed by atoms with van der Waals surface area (Å²) in [5, 5.41) is 17.1. The highest BCUT2D eigenvalue weighted by molar-refractivity contribution is 6.02. The smallest absolute Gasteiger partial charge is 0.000741 e. The molecule has 0 saturated carbocycles. The van der Waals surface area contributed by atoms with Crippen molar-refractivity contribution in [2.24, 2.45) is 0 Å². The number of hydrogen-bond donors (Lipinski definition) is 0. The highest BCUT2D eigenvalue weighted by atomic mass is 14.2. The van der Waals surface area contributed by atoms with Crippen LogP contribution < -0.4 is 0 Å². The molecule has 0 fully saturated rings. The normalized spacial score (nSPS) is 12.6. The molecule has 0 saturated heterocycles. The van der Waals surface area contributed by atoms with Gasteiger partial charge in [-0.1, -0.05) is 99.5 Å². The molecule has 32 heavy (non-hydrogen) atoms. The van der Waals surface area contributed by atoms with Gasteiger partial charge in [-0.3, -0.25) is 0 Å². The molecular formula is C32H26. The summed E-state index contributed by atoms with van der Waals surface area (Å²) in [6.45, 7) is 4.53. The monoisotopic (exact) mass is 410 g/mol. The summed E-state index contributed by atoms with van der Waals surface area (Å²) >= 11 is 0. The fraction of sp³-hybridized carbons (Fsp3) is 0.188. The highest BCUT2D eigenvalue weighted by Gasteiger charge is 2.17. The Morgan fingerprint density at radius 2 is 0.906 bits per heavy atom. The van der Waals surface area contributed by atoms with Crippen molar-refractivity contribution in [3.63, 3.8) is 0 Å². The molecule has 0 N–H and O–H groups in total. The van der Waals surface area contributed by atoms with E-state index in [1.54, 1.807) is 0 Å². The van der Waals surface area contributed by atoms with Gasteiger partial charge in [0.05, 0.1) is 0 Å². The van der Waals surface area contributed by atoms with E-state index >= 15 is 0 Å². The van der Waals surface area contributed by atoms with Crippen molar-refractivity contribution >= 4 is 21.5 Å². The SMILES string of the molecule is CCCc1ccc2c(c1)=c1ccc3c4c(c5ccccc5c=2c14)=c1ccc(CCC)cc1=3. The lowest BCUT2D eigenvalue weighted by Gasteiger charge is -2.05. The quantitative estimate of drug-likeness (QED) is 0.261. The van der Waals surface area contributed by atoms with Gasteiger partial charge in [0.2, 0.25) is 0 Å². The Kier molecular flexibility index (Phi) is 3.73. The second-order valence-electron chi connectivity index (χ2n) is 9.47. The number of rotatable bonds is 4. The Balaban J connectivity index is 1.85. The Bertz CT molecular complexity index is 1850. The van der Waals surface area contributed by atoms with E-state index in [1.165, 1.54) is 87.3 Å². The van der Waals surface area contributed by atoms with Crippen molar-refractivity contribution < 1.29 is 0 Å². The molecule has 154 valence electrons. The van der Waals surface area contributed by atoms with Crippen LogP contribution in [0.2, 0.25) is 0 Å². The van der Waals surface area contributed by atoms with Crippen LogP contribution in [0, 0.1) is 41.7 Å². The third-order valence-corrected chi connectivity index (χ3v) is 7.54. The van der Waals surface area contributed by atoms with E-state index in [0.29, 0.717) is 0 Å². The molecule has 0 aromatic heterocycles. The molecule has 7 rings (SSSR count). The maximum Gasteiger partial charge on any atom is -0.000741 e. The van der Waals surface area contributed by atoms with E-state index in [1.807, 2.05) is 0 Å². The first-order valence-electron chi connectivity index (χ1n) is 12.1. The van der Waals surface area contributed by atoms with E-state index in [2.05, 4.69) is 86.6 Å². The van der Waals surface area contributed by atoms with Crippen molar-refractivity contribution in [1.29, 1.82) is 0 Å². The molecule has 5 aromatic carbocycles. The van der Waals surface area contributed by atoms with E-state index in [0.717, 1.165) is 12.8 Å². The van der Waals surface area contributed by atoms with E-state index < -0.39 is 0 Å². The van der Waals surface area contributed by atoms with Gasteiger partial charge in [0.25, 0.3) is 0 Å². The van der Waals surface area contributed by atoms with Crippen LogP contribution in [0.3, 0.4) is 0 Å². The van der Waals surface area contributed by atoms with Gasteiger partial charge in [-0.15, -0.1) is 0 Å². The average Bonchev–Trinajstić information content (AvgIpc) is 3.32. The lowest BCUT2D eigenvalue weighted by Crippen LogP contribution is -1.85. The molecule has 0 spiro atoms. The molecule has 0 heterocycles. The van der Waals surface area contributed by atoms with Gasteiger partial charge in [-0.2, -0.15) is 0 Å². The van der Waals surface area contributed by atoms with Gasteiger partial charge < -0.3 is 0 Å². The second-order valence-corrected chi connectivity index (χ2v) is 9.47. The molecule has 0 aliphatic heterocycles. The molecule has 2 aliphatic carbocycles. The van der Waals surface area contributed by atoms with Crippen LogP contribution in [0.1, 0.15) is 37.8 Å². The molecule has 0 atom stereocenters. The van der Waals surface area contributed by atoms with Gasteiger partial charge in [-0.25, -0.2) is 0 Å². The minimum absolute atomic E-state index is 1.14. The van der Waals surface area contributed by atoms with Gasteiger partial charge in [0.15, 0.2) is 0 Å². The van der Waals surface area contributed by atoms with Crippen LogP contribution in [0.15, 0.2) is 72.8 Å². The number of hydrogen-bond acceptors (Lipinski definition) is 0. The number of fused-ring (bicyclic) bond motifs is 5. The Morgan fingerprint density at radius 1 is 0.469 bits per heavy atom. The maximum atomic E-state index is 2.45. The fourth-order valence-corrected chi connectivity index (χ4v) is 6.27. The summed E-state index contributed by atoms with van der Waals surface area (Å²) in [7, 11) is 0. The summed E-state index contributed by atoms with van der Waals surface area (Å²) in [4.78, 5) is 0. The van der Waals surface area contributed by atoms with Crippen molar-refractivity contribution in [3.8, 4) is 0 Å². The summed E-state index contributed by atoms with van der Waals surface area (Å²) in [6.07, 6.45) is 4.65. The van der Waals surface area contributed by atoms with Crippen LogP contribution >= 0.6 is 0 Å². The Hall–Kier alpha value is -3.38. The summed E-state index contributed by atoms with van der Waals surface area (Å²) in [5.74, 6) is 0. The molecule has 0 heteroatoms. The topological polar surface area (TPSA) is 0 Å². The molecule has 0 amide bonds. The molecule has 2 aliphatic rings. The minimum atomic E-state index is 1.14. The van der Waals surface area contributed by atoms with E-state index in [-0.39, 0.29) is 0 Å². The first-order valence-corrected chi connectivity index (χ1v) is 12.1. The fourth-order valence-electron chi connectivity index (χ4n) is 6.27. The first-order chi connectivity index (χ1) is 15.8. The van der Waals surface area contributed by atoms with Crippen molar-refractivity contribution in [2.75, 3.05) is 0 Å². The van der Waals surface area contributed by atoms with Crippen LogP contribution in [-0.2, 0) is 12.8 Å². The third-order valence-electron chi connectivity index (χ3n) is 7.54. The van der Waals surface area contributed by atoms with Crippen molar-refractivity contribution in [3.05, 3.63) is 126 Å². The molecule has 0 unspecified atom stereocenters. The highest BCUT2D eigenvalue weighted by Crippen LogP contribution is 2.35. The largest absolute Gasteiger partial charge is 0.0651 e. The second kappa shape index (κ2) is 6.56. The first kappa shape index (κ1) is 18.2. The summed E-state index contributed by atoms with van der Waals surface area (Å²) < 4.78 is 0. The van der Waals surface area contributed by atoms with Crippen molar-refractivity contribution in [2.45, 2.75) is 39.5 Å². The van der Waals surface area contributed by atoms with Gasteiger partial charge in [-0.05, 0) is 87.3 Å². The van der Waals surface area contributed by atoms with E-state index in [9.17, 15) is 0 Å². The molecular weight excluding hydrogens is 384 g/mol. The lowest BCUT2D eigenvalue weighted by atomic mass is 9.98. The summed E-state index contributed by atoms with van der Waals surface area (Å²) in [6, 6.07) is 28.2. The lowest BCUT2D eigenvalue weighted by molar-refractivity contribution is 0.920. The zero-order valence-electron chi connectivity index (χ0n) is 18.8. The predicted octanol–water partition coefficient (Wildman–Crippen LogP) is 7.67. The Morgan fingerprint density at radius 3 is 1.34 bits per heavy atom. The van der Waals surface area contributed by atoms with Crippen LogP contribution in [0.4, 0.5) is 0 Å².